The van der Waals surface area contributed by atoms with E-state index in [2.05, 4.69) is 11.1 Å². The number of carbonyl (C=O) groups excluding carboxylic acids is 2. The first-order chi connectivity index (χ1) is 18.3. The van der Waals surface area contributed by atoms with Gasteiger partial charge in [-0.3, -0.25) is 9.59 Å². The van der Waals surface area contributed by atoms with Gasteiger partial charge in [-0.25, -0.2) is 0 Å². The standard InChI is InChI=1S/C31H27N3O4/c1-16-6-8-21-19(12-16)14-34(31(21)38)26-5-3-4-20(17(26)2)22-10-11-24(30(32)37)29-28(22)23-9-7-18(27(36)15-35)13-25(23)33-29/h3-13,27,33,35-36H,14-15H2,1-2H3,(H2,32,37)/t27-/m0/s1. The monoisotopic (exact) mass is 505 g/mol. The van der Waals surface area contributed by atoms with Gasteiger partial charge in [0.05, 0.1) is 24.2 Å². The van der Waals surface area contributed by atoms with E-state index in [4.69, 9.17) is 5.73 Å². The van der Waals surface area contributed by atoms with Crippen molar-refractivity contribution in [1.29, 1.82) is 0 Å². The van der Waals surface area contributed by atoms with Gasteiger partial charge in [-0.1, -0.05) is 48.0 Å². The minimum atomic E-state index is -1.01. The van der Waals surface area contributed by atoms with Crippen molar-refractivity contribution in [3.8, 4) is 11.1 Å². The molecule has 5 aromatic rings. The molecule has 0 bridgehead atoms. The number of aliphatic hydroxyl groups excluding tert-OH is 2. The molecule has 5 N–H and O–H groups in total. The molecule has 7 heteroatoms. The molecule has 190 valence electrons. The van der Waals surface area contributed by atoms with E-state index in [0.717, 1.165) is 49.8 Å². The SMILES string of the molecule is Cc1ccc2c(c1)CN(c1cccc(-c3ccc(C(N)=O)c4[nH]c5cc([C@@H](O)CO)ccc5c34)c1C)C2=O. The number of H-pyrrole nitrogens is 1. The molecule has 1 aliphatic rings. The summed E-state index contributed by atoms with van der Waals surface area (Å²) in [6, 6.07) is 20.9. The van der Waals surface area contributed by atoms with Crippen molar-refractivity contribution < 1.29 is 19.8 Å². The number of hydrogen-bond donors (Lipinski definition) is 4. The number of benzene rings is 4. The van der Waals surface area contributed by atoms with Crippen molar-refractivity contribution in [1.82, 2.24) is 4.98 Å². The fourth-order valence-corrected chi connectivity index (χ4v) is 5.62. The molecule has 38 heavy (non-hydrogen) atoms. The van der Waals surface area contributed by atoms with Crippen LogP contribution in [0.1, 0.15) is 49.1 Å². The van der Waals surface area contributed by atoms with Crippen LogP contribution >= 0.6 is 0 Å². The summed E-state index contributed by atoms with van der Waals surface area (Å²) in [5.41, 5.74) is 14.4. The van der Waals surface area contributed by atoms with E-state index in [1.54, 1.807) is 18.2 Å². The lowest BCUT2D eigenvalue weighted by Crippen LogP contribution is -2.24. The van der Waals surface area contributed by atoms with E-state index in [1.165, 1.54) is 0 Å². The fourth-order valence-electron chi connectivity index (χ4n) is 5.62. The summed E-state index contributed by atoms with van der Waals surface area (Å²) in [6.45, 7) is 4.15. The number of aromatic amines is 1. The number of amides is 2. The molecule has 7 nitrogen and oxygen atoms in total. The van der Waals surface area contributed by atoms with E-state index >= 15 is 0 Å². The number of aliphatic hydroxyl groups is 2. The van der Waals surface area contributed by atoms with Crippen molar-refractivity contribution in [2.24, 2.45) is 5.73 Å². The van der Waals surface area contributed by atoms with Gasteiger partial charge >= 0.3 is 0 Å². The Hall–Kier alpha value is -4.46. The molecular formula is C31H27N3O4. The molecule has 6 rings (SSSR count). The Balaban J connectivity index is 1.54. The average molecular weight is 506 g/mol. The van der Waals surface area contributed by atoms with Crippen LogP contribution in [-0.2, 0) is 6.54 Å². The first kappa shape index (κ1) is 23.9. The molecule has 0 saturated heterocycles. The fraction of sp³-hybridized carbons (Fsp3) is 0.161. The molecule has 0 fully saturated rings. The lowest BCUT2D eigenvalue weighted by molar-refractivity contribution is 0.0957. The van der Waals surface area contributed by atoms with Crippen LogP contribution in [0.15, 0.2) is 66.7 Å². The molecule has 2 heterocycles. The average Bonchev–Trinajstić information content (AvgIpc) is 3.44. The number of hydrogen-bond acceptors (Lipinski definition) is 4. The first-order valence-corrected chi connectivity index (χ1v) is 12.5. The Kier molecular flexibility index (Phi) is 5.56. The van der Waals surface area contributed by atoms with Gasteiger partial charge in [0.2, 0.25) is 0 Å². The number of aryl methyl sites for hydroxylation is 1. The highest BCUT2D eigenvalue weighted by molar-refractivity contribution is 6.20. The molecule has 0 saturated carbocycles. The van der Waals surface area contributed by atoms with E-state index in [9.17, 15) is 19.8 Å². The maximum Gasteiger partial charge on any atom is 0.258 e. The third kappa shape index (κ3) is 3.59. The number of rotatable bonds is 5. The summed E-state index contributed by atoms with van der Waals surface area (Å²) >= 11 is 0. The predicted octanol–water partition coefficient (Wildman–Crippen LogP) is 4.89. The number of fused-ring (bicyclic) bond motifs is 4. The van der Waals surface area contributed by atoms with Gasteiger partial charge in [0.15, 0.2) is 0 Å². The topological polar surface area (TPSA) is 120 Å². The van der Waals surface area contributed by atoms with Crippen LogP contribution in [0.3, 0.4) is 0 Å². The second-order valence-corrected chi connectivity index (χ2v) is 9.90. The van der Waals surface area contributed by atoms with Gasteiger partial charge < -0.3 is 25.8 Å². The molecule has 2 amide bonds. The molecule has 1 aromatic heterocycles. The van der Waals surface area contributed by atoms with Crippen LogP contribution in [0.2, 0.25) is 0 Å². The summed E-state index contributed by atoms with van der Waals surface area (Å²) in [6.07, 6.45) is -1.01. The number of primary amides is 1. The maximum atomic E-state index is 13.3. The third-order valence-electron chi connectivity index (χ3n) is 7.55. The zero-order valence-electron chi connectivity index (χ0n) is 21.1. The molecule has 0 aliphatic carbocycles. The summed E-state index contributed by atoms with van der Waals surface area (Å²) < 4.78 is 0. The van der Waals surface area contributed by atoms with E-state index in [0.29, 0.717) is 28.7 Å². The van der Waals surface area contributed by atoms with Crippen LogP contribution in [0.5, 0.6) is 0 Å². The summed E-state index contributed by atoms with van der Waals surface area (Å²) in [4.78, 5) is 30.8. The molecule has 0 radical (unpaired) electrons. The van der Waals surface area contributed by atoms with Gasteiger partial charge in [0, 0.05) is 27.5 Å². The lowest BCUT2D eigenvalue weighted by atomic mass is 9.93. The van der Waals surface area contributed by atoms with Crippen molar-refractivity contribution in [3.05, 3.63) is 100 Å². The van der Waals surface area contributed by atoms with E-state index in [1.807, 2.05) is 61.2 Å². The van der Waals surface area contributed by atoms with Crippen molar-refractivity contribution in [2.75, 3.05) is 11.5 Å². The van der Waals surface area contributed by atoms with Crippen LogP contribution in [-0.4, -0.2) is 33.6 Å². The molecule has 1 atom stereocenters. The quantitative estimate of drug-likeness (QED) is 0.272. The highest BCUT2D eigenvalue weighted by Crippen LogP contribution is 2.41. The van der Waals surface area contributed by atoms with E-state index < -0.39 is 18.6 Å². The minimum absolute atomic E-state index is 0.0171. The van der Waals surface area contributed by atoms with Gasteiger partial charge in [-0.05, 0) is 65.9 Å². The maximum absolute atomic E-state index is 13.3. The molecule has 0 unspecified atom stereocenters. The smallest absolute Gasteiger partial charge is 0.258 e. The molecule has 0 spiro atoms. The predicted molar refractivity (Wildman–Crippen MR) is 148 cm³/mol. The Bertz CT molecular complexity index is 1790. The molecule has 1 aliphatic heterocycles. The number of nitrogens with one attached hydrogen (secondary N) is 1. The summed E-state index contributed by atoms with van der Waals surface area (Å²) in [7, 11) is 0. The third-order valence-corrected chi connectivity index (χ3v) is 7.55. The Morgan fingerprint density at radius 3 is 2.58 bits per heavy atom. The van der Waals surface area contributed by atoms with Gasteiger partial charge in [0.1, 0.15) is 6.10 Å². The van der Waals surface area contributed by atoms with Gasteiger partial charge in [-0.2, -0.15) is 0 Å². The van der Waals surface area contributed by atoms with Gasteiger partial charge in [-0.15, -0.1) is 0 Å². The van der Waals surface area contributed by atoms with Crippen molar-refractivity contribution >= 4 is 39.3 Å². The minimum Gasteiger partial charge on any atom is -0.393 e. The Morgan fingerprint density at radius 1 is 1.03 bits per heavy atom. The normalized spacial score (nSPS) is 13.9. The van der Waals surface area contributed by atoms with Crippen LogP contribution in [0.25, 0.3) is 32.9 Å². The number of anilines is 1. The second-order valence-electron chi connectivity index (χ2n) is 9.90. The highest BCUT2D eigenvalue weighted by Gasteiger charge is 2.30. The number of nitrogens with two attached hydrogens (primary N) is 1. The van der Waals surface area contributed by atoms with Crippen LogP contribution in [0.4, 0.5) is 5.69 Å². The van der Waals surface area contributed by atoms with Crippen LogP contribution in [0, 0.1) is 13.8 Å². The van der Waals surface area contributed by atoms with Crippen molar-refractivity contribution in [3.63, 3.8) is 0 Å². The van der Waals surface area contributed by atoms with Gasteiger partial charge in [0.25, 0.3) is 11.8 Å². The van der Waals surface area contributed by atoms with Crippen molar-refractivity contribution in [2.45, 2.75) is 26.5 Å². The highest BCUT2D eigenvalue weighted by atomic mass is 16.3. The molecule has 4 aromatic carbocycles. The summed E-state index contributed by atoms with van der Waals surface area (Å²) in [5, 5.41) is 21.2. The van der Waals surface area contributed by atoms with E-state index in [-0.39, 0.29) is 5.91 Å². The zero-order valence-corrected chi connectivity index (χ0v) is 21.1. The number of carbonyl (C=O) groups is 2. The molecular weight excluding hydrogens is 478 g/mol. The first-order valence-electron chi connectivity index (χ1n) is 12.5. The zero-order chi connectivity index (χ0) is 26.7. The second kappa shape index (κ2) is 8.83. The summed E-state index contributed by atoms with van der Waals surface area (Å²) in [5.74, 6) is -0.568. The number of nitrogens with zero attached hydrogens (tertiary/aromatic N) is 1. The number of aromatic nitrogens is 1. The largest absolute Gasteiger partial charge is 0.393 e. The van der Waals surface area contributed by atoms with Crippen LogP contribution < -0.4 is 10.6 Å². The Morgan fingerprint density at radius 2 is 1.82 bits per heavy atom. The lowest BCUT2D eigenvalue weighted by Gasteiger charge is -2.21. The Labute approximate surface area is 219 Å².